The fourth-order valence-corrected chi connectivity index (χ4v) is 6.52. The minimum absolute atomic E-state index is 0.0274. The van der Waals surface area contributed by atoms with E-state index in [0.29, 0.717) is 12.3 Å². The number of hydrogen-bond acceptors (Lipinski definition) is 7. The zero-order chi connectivity index (χ0) is 29.1. The van der Waals surface area contributed by atoms with Gasteiger partial charge < -0.3 is 19.7 Å². The number of fused-ring (bicyclic) bond motifs is 1. The van der Waals surface area contributed by atoms with Gasteiger partial charge in [-0.25, -0.2) is 13.4 Å². The molecule has 0 radical (unpaired) electrons. The number of hydrogen-bond donors (Lipinski definition) is 2. The Labute approximate surface area is 230 Å². The lowest BCUT2D eigenvalue weighted by atomic mass is 9.89. The molecule has 4 rings (SSSR count). The van der Waals surface area contributed by atoms with Gasteiger partial charge in [0.05, 0.1) is 24.4 Å². The number of nitrogens with zero attached hydrogens (tertiary/aromatic N) is 2. The Hall–Kier alpha value is -3.32. The summed E-state index contributed by atoms with van der Waals surface area (Å²) in [5, 5.41) is 18.3. The van der Waals surface area contributed by atoms with Crippen molar-refractivity contribution in [3.8, 4) is 11.6 Å². The molecule has 0 amide bonds. The number of aliphatic hydroxyl groups is 1. The van der Waals surface area contributed by atoms with Crippen LogP contribution in [0.3, 0.4) is 0 Å². The van der Waals surface area contributed by atoms with Crippen molar-refractivity contribution in [3.05, 3.63) is 47.2 Å². The van der Waals surface area contributed by atoms with Crippen LogP contribution in [-0.4, -0.2) is 55.4 Å². The van der Waals surface area contributed by atoms with Crippen molar-refractivity contribution in [1.82, 2.24) is 4.98 Å². The lowest BCUT2D eigenvalue weighted by Crippen LogP contribution is -2.44. The molecule has 1 aliphatic heterocycles. The molecule has 0 bridgehead atoms. The maximum atomic E-state index is 14.1. The normalized spacial score (nSPS) is 17.7. The van der Waals surface area contributed by atoms with Crippen molar-refractivity contribution in [3.63, 3.8) is 0 Å². The molecule has 218 valence electrons. The molecule has 1 aromatic heterocycles. The van der Waals surface area contributed by atoms with E-state index in [0.717, 1.165) is 47.5 Å². The molecule has 2 aromatic rings. The van der Waals surface area contributed by atoms with Gasteiger partial charge in [0, 0.05) is 12.6 Å². The summed E-state index contributed by atoms with van der Waals surface area (Å²) in [4.78, 5) is 14.0. The summed E-state index contributed by atoms with van der Waals surface area (Å²) in [5.41, 5.74) is 1.84. The summed E-state index contributed by atoms with van der Waals surface area (Å²) in [6, 6.07) is 5.48. The van der Waals surface area contributed by atoms with Crippen molar-refractivity contribution in [2.75, 3.05) is 24.1 Å². The Morgan fingerprint density at radius 1 is 1.20 bits per heavy atom. The van der Waals surface area contributed by atoms with Crippen molar-refractivity contribution in [1.29, 1.82) is 0 Å². The molecule has 2 aliphatic rings. The summed E-state index contributed by atoms with van der Waals surface area (Å²) in [7, 11) is -4.74. The highest BCUT2D eigenvalue weighted by Gasteiger charge is 2.40. The first kappa shape index (κ1) is 29.7. The third-order valence-corrected chi connectivity index (χ3v) is 8.81. The highest BCUT2D eigenvalue weighted by atomic mass is 32.2. The second kappa shape index (κ2) is 12.0. The fraction of sp³-hybridized carbons (Fsp3) is 0.481. The number of carboxylic acid groups (broad SMARTS) is 1. The van der Waals surface area contributed by atoms with Crippen LogP contribution in [0, 0.1) is 0 Å². The van der Waals surface area contributed by atoms with Crippen LogP contribution >= 0.6 is 0 Å². The summed E-state index contributed by atoms with van der Waals surface area (Å²) < 4.78 is 80.9. The lowest BCUT2D eigenvalue weighted by molar-refractivity contribution is -0.138. The minimum Gasteiger partial charge on any atom is -0.486 e. The third kappa shape index (κ3) is 6.52. The van der Waals surface area contributed by atoms with E-state index in [2.05, 4.69) is 4.98 Å². The van der Waals surface area contributed by atoms with E-state index >= 15 is 0 Å². The molecule has 0 unspecified atom stereocenters. The quantitative estimate of drug-likeness (QED) is 0.420. The van der Waals surface area contributed by atoms with Crippen LogP contribution in [-0.2, 0) is 21.0 Å². The number of aromatic nitrogens is 1. The molecule has 1 saturated carbocycles. The summed E-state index contributed by atoms with van der Waals surface area (Å²) in [6.45, 7) is 0.714. The van der Waals surface area contributed by atoms with Gasteiger partial charge in [-0.2, -0.15) is 13.2 Å². The first-order valence-corrected chi connectivity index (χ1v) is 14.4. The average Bonchev–Trinajstić information content (AvgIpc) is 2.93. The number of carboxylic acids is 1. The first-order chi connectivity index (χ1) is 18.9. The number of sulfonamides is 1. The maximum absolute atomic E-state index is 14.1. The molecule has 2 heterocycles. The number of carbonyl (C=O) groups is 1. The number of halogens is 3. The van der Waals surface area contributed by atoms with Crippen LogP contribution in [0.25, 0.3) is 5.57 Å². The standard InChI is InChI=1S/C27H31F3N2O7S/c1-17(18-5-3-2-4-6-18)19-7-9-23-22(13-19)32(16-21(39-23)8-10-25(34)35)40(36,37)24-14-20(27(28,29)30)15-31-26(24)38-12-11-33/h7,9,13-15,21,33H,2-6,8,10-12,16H2,1H3,(H,34,35)/t21-/m0/s1. The van der Waals surface area contributed by atoms with E-state index in [1.54, 1.807) is 18.2 Å². The van der Waals surface area contributed by atoms with E-state index in [-0.39, 0.29) is 30.8 Å². The zero-order valence-electron chi connectivity index (χ0n) is 21.9. The van der Waals surface area contributed by atoms with E-state index in [1.165, 1.54) is 5.57 Å². The number of aliphatic carboxylic acids is 1. The van der Waals surface area contributed by atoms with Gasteiger partial charge in [-0.05, 0) is 68.4 Å². The van der Waals surface area contributed by atoms with Gasteiger partial charge >= 0.3 is 12.1 Å². The monoisotopic (exact) mass is 584 g/mol. The molecular weight excluding hydrogens is 553 g/mol. The molecule has 0 spiro atoms. The fourth-order valence-electron chi connectivity index (χ4n) is 4.91. The largest absolute Gasteiger partial charge is 0.486 e. The van der Waals surface area contributed by atoms with Crippen molar-refractivity contribution < 1.29 is 46.1 Å². The molecule has 40 heavy (non-hydrogen) atoms. The molecule has 1 aromatic carbocycles. The Bertz CT molecular complexity index is 1380. The highest BCUT2D eigenvalue weighted by molar-refractivity contribution is 7.93. The number of ether oxygens (including phenoxy) is 2. The van der Waals surface area contributed by atoms with Gasteiger partial charge in [0.25, 0.3) is 10.0 Å². The molecular formula is C27H31F3N2O7S. The number of rotatable bonds is 9. The number of benzene rings is 1. The molecule has 9 nitrogen and oxygen atoms in total. The smallest absolute Gasteiger partial charge is 0.417 e. The predicted molar refractivity (Wildman–Crippen MR) is 140 cm³/mol. The number of aliphatic hydroxyl groups excluding tert-OH is 1. The number of alkyl halides is 3. The van der Waals surface area contributed by atoms with E-state index in [1.807, 2.05) is 6.92 Å². The molecule has 1 fully saturated rings. The van der Waals surface area contributed by atoms with Crippen LogP contribution in [0.4, 0.5) is 18.9 Å². The minimum atomic E-state index is -4.88. The van der Waals surface area contributed by atoms with Gasteiger partial charge in [-0.3, -0.25) is 9.10 Å². The van der Waals surface area contributed by atoms with E-state index < -0.39 is 57.8 Å². The van der Waals surface area contributed by atoms with Crippen LogP contribution in [0.15, 0.2) is 40.9 Å². The summed E-state index contributed by atoms with van der Waals surface area (Å²) in [5.74, 6) is -1.53. The van der Waals surface area contributed by atoms with Crippen molar-refractivity contribution in [2.45, 2.75) is 69.0 Å². The Morgan fingerprint density at radius 2 is 1.93 bits per heavy atom. The average molecular weight is 585 g/mol. The Morgan fingerprint density at radius 3 is 2.58 bits per heavy atom. The zero-order valence-corrected chi connectivity index (χ0v) is 22.7. The van der Waals surface area contributed by atoms with Crippen LogP contribution in [0.5, 0.6) is 11.6 Å². The van der Waals surface area contributed by atoms with Crippen LogP contribution in [0.1, 0.15) is 63.0 Å². The van der Waals surface area contributed by atoms with Crippen molar-refractivity contribution >= 4 is 27.3 Å². The highest BCUT2D eigenvalue weighted by Crippen LogP contribution is 2.43. The molecule has 1 atom stereocenters. The summed E-state index contributed by atoms with van der Waals surface area (Å²) >= 11 is 0. The van der Waals surface area contributed by atoms with Gasteiger partial charge in [-0.1, -0.05) is 18.1 Å². The second-order valence-electron chi connectivity index (χ2n) is 9.78. The Balaban J connectivity index is 1.84. The maximum Gasteiger partial charge on any atom is 0.417 e. The first-order valence-electron chi connectivity index (χ1n) is 13.0. The topological polar surface area (TPSA) is 126 Å². The molecule has 0 saturated heterocycles. The SMILES string of the molecule is CC(=C1CCCCC1)c1ccc2c(c1)N(S(=O)(=O)c1cc(C(F)(F)F)cnc1OCCO)C[C@H](CCC(=O)O)O2. The lowest BCUT2D eigenvalue weighted by Gasteiger charge is -2.36. The molecule has 1 aliphatic carbocycles. The van der Waals surface area contributed by atoms with E-state index in [9.17, 15) is 26.4 Å². The molecule has 13 heteroatoms. The van der Waals surface area contributed by atoms with Gasteiger partial charge in [0.2, 0.25) is 5.88 Å². The molecule has 2 N–H and O–H groups in total. The van der Waals surface area contributed by atoms with Crippen molar-refractivity contribution in [2.24, 2.45) is 0 Å². The Kier molecular flexibility index (Phi) is 8.93. The number of anilines is 1. The number of pyridine rings is 1. The van der Waals surface area contributed by atoms with Crippen LogP contribution in [0.2, 0.25) is 0 Å². The second-order valence-corrected chi connectivity index (χ2v) is 11.6. The predicted octanol–water partition coefficient (Wildman–Crippen LogP) is 5.03. The van der Waals surface area contributed by atoms with Gasteiger partial charge in [0.15, 0.2) is 4.90 Å². The number of allylic oxidation sites excluding steroid dienone is 2. The third-order valence-electron chi connectivity index (χ3n) is 7.04. The van der Waals surface area contributed by atoms with Gasteiger partial charge in [0.1, 0.15) is 18.5 Å². The summed E-state index contributed by atoms with van der Waals surface area (Å²) in [6.07, 6.45) is -0.486. The van der Waals surface area contributed by atoms with Crippen LogP contribution < -0.4 is 13.8 Å². The van der Waals surface area contributed by atoms with E-state index in [4.69, 9.17) is 19.7 Å². The van der Waals surface area contributed by atoms with Gasteiger partial charge in [-0.15, -0.1) is 0 Å².